The zero-order valence-corrected chi connectivity index (χ0v) is 17.6. The Labute approximate surface area is 178 Å². The lowest BCUT2D eigenvalue weighted by atomic mass is 10.1. The molecule has 1 saturated carbocycles. The van der Waals surface area contributed by atoms with E-state index in [4.69, 9.17) is 0 Å². The molecular formula is C23H22FN3O2S. The summed E-state index contributed by atoms with van der Waals surface area (Å²) in [6.45, 7) is 3.79. The van der Waals surface area contributed by atoms with Crippen molar-refractivity contribution < 1.29 is 14.0 Å². The number of carbonyl (C=O) groups is 2. The number of hydrogen-bond acceptors (Lipinski definition) is 4. The molecule has 2 aromatic carbocycles. The van der Waals surface area contributed by atoms with E-state index >= 15 is 0 Å². The number of nitrogens with zero attached hydrogens (tertiary/aromatic N) is 1. The van der Waals surface area contributed by atoms with Crippen molar-refractivity contribution in [1.29, 1.82) is 0 Å². The SMILES string of the molecule is Cc1ccc(Cc2cnc(NC(=O)c3ccc(NC(=O)C4CC4C)cc3)s2)cc1F. The van der Waals surface area contributed by atoms with Crippen molar-refractivity contribution in [1.82, 2.24) is 4.98 Å². The van der Waals surface area contributed by atoms with Gasteiger partial charge in [-0.25, -0.2) is 9.37 Å². The molecule has 1 aliphatic carbocycles. The number of amides is 2. The molecule has 7 heteroatoms. The Hall–Kier alpha value is -3.06. The lowest BCUT2D eigenvalue weighted by molar-refractivity contribution is -0.117. The smallest absolute Gasteiger partial charge is 0.257 e. The van der Waals surface area contributed by atoms with Crippen molar-refractivity contribution in [2.75, 3.05) is 10.6 Å². The van der Waals surface area contributed by atoms with Crippen LogP contribution in [0.4, 0.5) is 15.2 Å². The van der Waals surface area contributed by atoms with Gasteiger partial charge in [0, 0.05) is 34.7 Å². The van der Waals surface area contributed by atoms with Crippen molar-refractivity contribution >= 4 is 34.0 Å². The van der Waals surface area contributed by atoms with E-state index in [1.165, 1.54) is 17.4 Å². The van der Waals surface area contributed by atoms with E-state index in [9.17, 15) is 14.0 Å². The largest absolute Gasteiger partial charge is 0.326 e. The van der Waals surface area contributed by atoms with E-state index < -0.39 is 0 Å². The van der Waals surface area contributed by atoms with Gasteiger partial charge in [0.25, 0.3) is 5.91 Å². The molecule has 1 fully saturated rings. The van der Waals surface area contributed by atoms with Crippen LogP contribution in [0.1, 0.15) is 39.7 Å². The first-order valence-electron chi connectivity index (χ1n) is 9.81. The molecule has 30 heavy (non-hydrogen) atoms. The summed E-state index contributed by atoms with van der Waals surface area (Å²) in [6.07, 6.45) is 3.18. The maximum absolute atomic E-state index is 13.7. The molecule has 0 saturated heterocycles. The summed E-state index contributed by atoms with van der Waals surface area (Å²) < 4.78 is 13.7. The maximum Gasteiger partial charge on any atom is 0.257 e. The third kappa shape index (κ3) is 4.74. The molecule has 2 N–H and O–H groups in total. The van der Waals surface area contributed by atoms with E-state index in [1.54, 1.807) is 43.5 Å². The standard InChI is InChI=1S/C23H22FN3O2S/c1-13-3-4-15(11-20(13)24)10-18-12-25-23(30-18)27-21(28)16-5-7-17(8-6-16)26-22(29)19-9-14(19)2/h3-8,11-12,14,19H,9-10H2,1-2H3,(H,26,29)(H,25,27,28). The van der Waals surface area contributed by atoms with Crippen LogP contribution in [0.5, 0.6) is 0 Å². The van der Waals surface area contributed by atoms with Gasteiger partial charge in [0.15, 0.2) is 5.13 Å². The van der Waals surface area contributed by atoms with Crippen molar-refractivity contribution in [2.45, 2.75) is 26.7 Å². The highest BCUT2D eigenvalue weighted by Crippen LogP contribution is 2.38. The number of anilines is 2. The fraction of sp³-hybridized carbons (Fsp3) is 0.261. The van der Waals surface area contributed by atoms with Gasteiger partial charge < -0.3 is 5.32 Å². The fourth-order valence-corrected chi connectivity index (χ4v) is 4.03. The molecule has 0 spiro atoms. The molecule has 2 atom stereocenters. The Morgan fingerprint density at radius 2 is 1.90 bits per heavy atom. The van der Waals surface area contributed by atoms with Crippen molar-refractivity contribution in [3.63, 3.8) is 0 Å². The third-order valence-electron chi connectivity index (χ3n) is 5.25. The first-order chi connectivity index (χ1) is 14.4. The first kappa shape index (κ1) is 20.2. The normalized spacial score (nSPS) is 17.4. The van der Waals surface area contributed by atoms with Crippen LogP contribution in [0, 0.1) is 24.6 Å². The zero-order chi connectivity index (χ0) is 21.3. The number of thiazole rings is 1. The lowest BCUT2D eigenvalue weighted by Crippen LogP contribution is -2.15. The predicted molar refractivity (Wildman–Crippen MR) is 116 cm³/mol. The number of carbonyl (C=O) groups excluding carboxylic acids is 2. The van der Waals surface area contributed by atoms with E-state index in [2.05, 4.69) is 22.5 Å². The summed E-state index contributed by atoms with van der Waals surface area (Å²) in [5.74, 6) is 0.0815. The van der Waals surface area contributed by atoms with E-state index in [0.717, 1.165) is 16.9 Å². The second-order valence-corrected chi connectivity index (χ2v) is 8.85. The van der Waals surface area contributed by atoms with E-state index in [0.29, 0.717) is 34.3 Å². The minimum Gasteiger partial charge on any atom is -0.326 e. The number of rotatable bonds is 6. The van der Waals surface area contributed by atoms with Crippen molar-refractivity contribution in [2.24, 2.45) is 11.8 Å². The van der Waals surface area contributed by atoms with Gasteiger partial charge in [0.05, 0.1) is 0 Å². The van der Waals surface area contributed by atoms with Crippen molar-refractivity contribution in [3.8, 4) is 0 Å². The fourth-order valence-electron chi connectivity index (χ4n) is 3.19. The van der Waals surface area contributed by atoms with Gasteiger partial charge in [0.1, 0.15) is 5.82 Å². The van der Waals surface area contributed by atoms with Crippen LogP contribution in [0.25, 0.3) is 0 Å². The van der Waals surface area contributed by atoms with E-state index in [-0.39, 0.29) is 23.5 Å². The van der Waals surface area contributed by atoms with Crippen LogP contribution >= 0.6 is 11.3 Å². The van der Waals surface area contributed by atoms with Crippen LogP contribution in [0.15, 0.2) is 48.7 Å². The molecule has 2 unspecified atom stereocenters. The summed E-state index contributed by atoms with van der Waals surface area (Å²) in [6, 6.07) is 12.0. The van der Waals surface area contributed by atoms with Gasteiger partial charge in [-0.2, -0.15) is 0 Å². The van der Waals surface area contributed by atoms with Gasteiger partial charge >= 0.3 is 0 Å². The van der Waals surface area contributed by atoms with Crippen molar-refractivity contribution in [3.05, 3.63) is 76.0 Å². The van der Waals surface area contributed by atoms with E-state index in [1.807, 2.05) is 6.07 Å². The molecular weight excluding hydrogens is 401 g/mol. The Morgan fingerprint density at radius 1 is 1.17 bits per heavy atom. The topological polar surface area (TPSA) is 71.1 Å². The summed E-state index contributed by atoms with van der Waals surface area (Å²) in [5.41, 5.74) is 2.63. The number of benzene rings is 2. The summed E-state index contributed by atoms with van der Waals surface area (Å²) >= 11 is 1.36. The van der Waals surface area contributed by atoms with Crippen LogP contribution < -0.4 is 10.6 Å². The average molecular weight is 424 g/mol. The van der Waals surface area contributed by atoms with Crippen LogP contribution in [0.3, 0.4) is 0 Å². The highest BCUT2D eigenvalue weighted by atomic mass is 32.1. The van der Waals surface area contributed by atoms with Gasteiger partial charge in [-0.3, -0.25) is 14.9 Å². The van der Waals surface area contributed by atoms with Gasteiger partial charge in [-0.1, -0.05) is 19.1 Å². The van der Waals surface area contributed by atoms with Gasteiger partial charge in [-0.05, 0) is 60.7 Å². The monoisotopic (exact) mass is 423 g/mol. The maximum atomic E-state index is 13.7. The quantitative estimate of drug-likeness (QED) is 0.584. The summed E-state index contributed by atoms with van der Waals surface area (Å²) in [5, 5.41) is 6.15. The Kier molecular flexibility index (Phi) is 5.63. The molecule has 0 aliphatic heterocycles. The highest BCUT2D eigenvalue weighted by molar-refractivity contribution is 7.15. The molecule has 2 amide bonds. The van der Waals surface area contributed by atoms with Gasteiger partial charge in [-0.15, -0.1) is 11.3 Å². The molecule has 4 rings (SSSR count). The van der Waals surface area contributed by atoms with Crippen LogP contribution in [-0.4, -0.2) is 16.8 Å². The second-order valence-electron chi connectivity index (χ2n) is 7.73. The molecule has 154 valence electrons. The molecule has 0 radical (unpaired) electrons. The second kappa shape index (κ2) is 8.36. The molecule has 1 aliphatic rings. The number of hydrogen-bond donors (Lipinski definition) is 2. The van der Waals surface area contributed by atoms with Crippen LogP contribution in [-0.2, 0) is 11.2 Å². The number of nitrogens with one attached hydrogen (secondary N) is 2. The Morgan fingerprint density at radius 3 is 2.57 bits per heavy atom. The Balaban J connectivity index is 1.34. The molecule has 1 heterocycles. The average Bonchev–Trinajstić information content (AvgIpc) is 3.30. The molecule has 0 bridgehead atoms. The predicted octanol–water partition coefficient (Wildman–Crippen LogP) is 5.03. The highest BCUT2D eigenvalue weighted by Gasteiger charge is 2.39. The zero-order valence-electron chi connectivity index (χ0n) is 16.7. The minimum atomic E-state index is -0.272. The number of aryl methyl sites for hydroxylation is 1. The lowest BCUT2D eigenvalue weighted by Gasteiger charge is -2.06. The summed E-state index contributed by atoms with van der Waals surface area (Å²) in [4.78, 5) is 29.6. The van der Waals surface area contributed by atoms with Gasteiger partial charge in [0.2, 0.25) is 5.91 Å². The molecule has 1 aromatic heterocycles. The Bertz CT molecular complexity index is 1090. The summed E-state index contributed by atoms with van der Waals surface area (Å²) in [7, 11) is 0. The molecule has 5 nitrogen and oxygen atoms in total. The van der Waals surface area contributed by atoms with Crippen LogP contribution in [0.2, 0.25) is 0 Å². The number of halogens is 1. The number of aromatic nitrogens is 1. The molecule has 3 aromatic rings. The first-order valence-corrected chi connectivity index (χ1v) is 10.6. The third-order valence-corrected chi connectivity index (χ3v) is 6.16. The minimum absolute atomic E-state index is 0.0310.